The molecule has 2 rings (SSSR count). The van der Waals surface area contributed by atoms with Gasteiger partial charge in [0.1, 0.15) is 15.7 Å². The molecule has 1 atom stereocenters. The van der Waals surface area contributed by atoms with Crippen molar-refractivity contribution in [1.29, 1.82) is 0 Å². The Balaban J connectivity index is 1.83. The summed E-state index contributed by atoms with van der Waals surface area (Å²) in [5.74, 6) is 1.40. The van der Waals surface area contributed by atoms with Crippen LogP contribution in [0.1, 0.15) is 17.1 Å². The van der Waals surface area contributed by atoms with E-state index in [9.17, 15) is 13.5 Å². The lowest BCUT2D eigenvalue weighted by Gasteiger charge is -2.11. The second-order valence-electron chi connectivity index (χ2n) is 4.94. The first-order chi connectivity index (χ1) is 9.88. The summed E-state index contributed by atoms with van der Waals surface area (Å²) in [6.07, 6.45) is -0.939. The second kappa shape index (κ2) is 6.74. The van der Waals surface area contributed by atoms with E-state index in [-0.39, 0.29) is 12.3 Å². The summed E-state index contributed by atoms with van der Waals surface area (Å²) in [5.41, 5.74) is 1.01. The molecular weight excluding hydrogens is 310 g/mol. The maximum absolute atomic E-state index is 12.0. The van der Waals surface area contributed by atoms with Crippen molar-refractivity contribution < 1.29 is 17.9 Å². The minimum absolute atomic E-state index is 0.217. The smallest absolute Gasteiger partial charge is 0.190 e. The van der Waals surface area contributed by atoms with Crippen molar-refractivity contribution in [2.24, 2.45) is 0 Å². The fourth-order valence-electron chi connectivity index (χ4n) is 2.07. The maximum atomic E-state index is 12.0. The van der Waals surface area contributed by atoms with E-state index in [1.165, 1.54) is 11.3 Å². The molecule has 0 radical (unpaired) electrons. The van der Waals surface area contributed by atoms with Crippen molar-refractivity contribution in [3.05, 3.63) is 40.7 Å². The highest BCUT2D eigenvalue weighted by atomic mass is 32.2. The molecule has 0 aliphatic carbocycles. The van der Waals surface area contributed by atoms with Gasteiger partial charge in [-0.3, -0.25) is 0 Å². The summed E-state index contributed by atoms with van der Waals surface area (Å²) in [6.45, 7) is 4.51. The summed E-state index contributed by atoms with van der Waals surface area (Å²) >= 11 is 1.17. The Labute approximate surface area is 128 Å². The first-order valence-corrected chi connectivity index (χ1v) is 9.12. The van der Waals surface area contributed by atoms with Crippen LogP contribution in [0.5, 0.6) is 0 Å². The monoisotopic (exact) mass is 329 g/mol. The van der Waals surface area contributed by atoms with Gasteiger partial charge in [-0.1, -0.05) is 6.07 Å². The minimum Gasteiger partial charge on any atom is -0.466 e. The molecule has 2 aromatic heterocycles. The highest BCUT2D eigenvalue weighted by molar-refractivity contribution is 7.93. The van der Waals surface area contributed by atoms with E-state index in [0.717, 1.165) is 17.1 Å². The SMILES string of the molecule is Cc1cc(CNCC(O)CS(=O)(=O)c2cccs2)c(C)o1. The molecule has 0 amide bonds. The zero-order valence-electron chi connectivity index (χ0n) is 12.0. The molecule has 21 heavy (non-hydrogen) atoms. The minimum atomic E-state index is -3.41. The summed E-state index contributed by atoms with van der Waals surface area (Å²) in [7, 11) is -3.41. The number of hydrogen-bond acceptors (Lipinski definition) is 6. The van der Waals surface area contributed by atoms with Crippen LogP contribution in [0.25, 0.3) is 0 Å². The fraction of sp³-hybridized carbons (Fsp3) is 0.429. The number of hydrogen-bond donors (Lipinski definition) is 2. The van der Waals surface area contributed by atoms with Gasteiger partial charge in [0.25, 0.3) is 0 Å². The van der Waals surface area contributed by atoms with Crippen LogP contribution in [0.2, 0.25) is 0 Å². The number of aliphatic hydroxyl groups excluding tert-OH is 1. The largest absolute Gasteiger partial charge is 0.466 e. The van der Waals surface area contributed by atoms with Crippen molar-refractivity contribution in [3.63, 3.8) is 0 Å². The van der Waals surface area contributed by atoms with Gasteiger partial charge in [0.05, 0.1) is 11.9 Å². The molecule has 0 aliphatic heterocycles. The predicted octanol–water partition coefficient (Wildman–Crippen LogP) is 1.88. The first kappa shape index (κ1) is 16.2. The quantitative estimate of drug-likeness (QED) is 0.811. The zero-order valence-corrected chi connectivity index (χ0v) is 13.6. The third-order valence-corrected chi connectivity index (χ3v) is 6.34. The number of aliphatic hydroxyl groups is 1. The zero-order chi connectivity index (χ0) is 15.5. The third-order valence-electron chi connectivity index (χ3n) is 3.05. The third kappa shape index (κ3) is 4.41. The lowest BCUT2D eigenvalue weighted by Crippen LogP contribution is -2.32. The molecule has 1 unspecified atom stereocenters. The Hall–Kier alpha value is -1.15. The number of nitrogens with one attached hydrogen (secondary N) is 1. The second-order valence-corrected chi connectivity index (χ2v) is 8.15. The molecular formula is C14H19NO4S2. The number of aryl methyl sites for hydroxylation is 2. The van der Waals surface area contributed by atoms with Gasteiger partial charge in [-0.15, -0.1) is 11.3 Å². The van der Waals surface area contributed by atoms with Crippen LogP contribution in [-0.4, -0.2) is 31.9 Å². The van der Waals surface area contributed by atoms with Crippen molar-refractivity contribution in [3.8, 4) is 0 Å². The van der Waals surface area contributed by atoms with Crippen molar-refractivity contribution >= 4 is 21.2 Å². The lowest BCUT2D eigenvalue weighted by atomic mass is 10.2. The van der Waals surface area contributed by atoms with Gasteiger partial charge in [0.15, 0.2) is 9.84 Å². The summed E-state index contributed by atoms with van der Waals surface area (Å²) in [6, 6.07) is 5.17. The van der Waals surface area contributed by atoms with Gasteiger partial charge in [0.2, 0.25) is 0 Å². The standard InChI is InChI=1S/C14H19NO4S2/c1-10-6-12(11(2)19-10)7-15-8-13(16)9-21(17,18)14-4-3-5-20-14/h3-6,13,15-16H,7-9H2,1-2H3. The van der Waals surface area contributed by atoms with Crippen LogP contribution in [-0.2, 0) is 16.4 Å². The molecule has 2 aromatic rings. The summed E-state index contributed by atoms with van der Waals surface area (Å²) < 4.78 is 29.7. The molecule has 0 aromatic carbocycles. The molecule has 2 N–H and O–H groups in total. The van der Waals surface area contributed by atoms with E-state index in [1.807, 2.05) is 19.9 Å². The Bertz CT molecular complexity index is 674. The maximum Gasteiger partial charge on any atom is 0.190 e. The number of furan rings is 1. The molecule has 0 bridgehead atoms. The van der Waals surface area contributed by atoms with Crippen LogP contribution in [0.4, 0.5) is 0 Å². The molecule has 0 spiro atoms. The average molecular weight is 329 g/mol. The van der Waals surface area contributed by atoms with E-state index in [4.69, 9.17) is 4.42 Å². The van der Waals surface area contributed by atoms with Crippen LogP contribution in [0.3, 0.4) is 0 Å². The van der Waals surface area contributed by atoms with Gasteiger partial charge in [-0.2, -0.15) is 0 Å². The van der Waals surface area contributed by atoms with Gasteiger partial charge < -0.3 is 14.8 Å². The van der Waals surface area contributed by atoms with Crippen molar-refractivity contribution in [1.82, 2.24) is 5.32 Å². The topological polar surface area (TPSA) is 79.5 Å². The Morgan fingerprint density at radius 1 is 1.43 bits per heavy atom. The van der Waals surface area contributed by atoms with E-state index in [0.29, 0.717) is 10.8 Å². The van der Waals surface area contributed by atoms with Gasteiger partial charge in [-0.05, 0) is 31.4 Å². The first-order valence-electron chi connectivity index (χ1n) is 6.59. The summed E-state index contributed by atoms with van der Waals surface area (Å²) in [4.78, 5) is 0. The van der Waals surface area contributed by atoms with E-state index in [2.05, 4.69) is 5.32 Å². The average Bonchev–Trinajstić information content (AvgIpc) is 2.99. The van der Waals surface area contributed by atoms with Gasteiger partial charge in [0, 0.05) is 18.7 Å². The van der Waals surface area contributed by atoms with E-state index >= 15 is 0 Å². The molecule has 7 heteroatoms. The van der Waals surface area contributed by atoms with Crippen LogP contribution in [0.15, 0.2) is 32.2 Å². The molecule has 5 nitrogen and oxygen atoms in total. The highest BCUT2D eigenvalue weighted by Gasteiger charge is 2.20. The van der Waals surface area contributed by atoms with Crippen molar-refractivity contribution in [2.75, 3.05) is 12.3 Å². The molecule has 0 saturated heterocycles. The number of rotatable bonds is 7. The van der Waals surface area contributed by atoms with Gasteiger partial charge >= 0.3 is 0 Å². The highest BCUT2D eigenvalue weighted by Crippen LogP contribution is 2.18. The molecule has 2 heterocycles. The lowest BCUT2D eigenvalue weighted by molar-refractivity contribution is 0.193. The van der Waals surface area contributed by atoms with E-state index < -0.39 is 15.9 Å². The molecule has 0 saturated carbocycles. The van der Waals surface area contributed by atoms with Crippen LogP contribution >= 0.6 is 11.3 Å². The number of sulfone groups is 1. The van der Waals surface area contributed by atoms with Crippen LogP contribution < -0.4 is 5.32 Å². The van der Waals surface area contributed by atoms with Crippen LogP contribution in [0, 0.1) is 13.8 Å². The molecule has 0 fully saturated rings. The fourth-order valence-corrected chi connectivity index (χ4v) is 4.55. The number of thiophene rings is 1. The Morgan fingerprint density at radius 2 is 2.19 bits per heavy atom. The normalized spacial score (nSPS) is 13.5. The van der Waals surface area contributed by atoms with E-state index in [1.54, 1.807) is 17.5 Å². The molecule has 116 valence electrons. The van der Waals surface area contributed by atoms with Gasteiger partial charge in [-0.25, -0.2) is 8.42 Å². The summed E-state index contributed by atoms with van der Waals surface area (Å²) in [5, 5.41) is 14.6. The Morgan fingerprint density at radius 3 is 2.76 bits per heavy atom. The Kier molecular flexibility index (Phi) is 5.21. The molecule has 0 aliphatic rings. The van der Waals surface area contributed by atoms with Crippen molar-refractivity contribution in [2.45, 2.75) is 30.7 Å². The predicted molar refractivity (Wildman–Crippen MR) is 82.3 cm³/mol.